The summed E-state index contributed by atoms with van der Waals surface area (Å²) in [6, 6.07) is -1.42. The topological polar surface area (TPSA) is 138 Å². The van der Waals surface area contributed by atoms with Gasteiger partial charge in [0.15, 0.2) is 0 Å². The molecule has 96 valence electrons. The third-order valence-corrected chi connectivity index (χ3v) is 4.11. The van der Waals surface area contributed by atoms with Crippen molar-refractivity contribution in [1.29, 1.82) is 0 Å². The SMILES string of the molecule is N[C@@H](CC1(S(=O)(=O)O)C=CC(O)=CC1)C(=O)O. The molecule has 2 atom stereocenters. The van der Waals surface area contributed by atoms with E-state index in [4.69, 9.17) is 15.9 Å². The van der Waals surface area contributed by atoms with E-state index in [0.29, 0.717) is 0 Å². The number of aliphatic hydroxyl groups excluding tert-OH is 1. The zero-order valence-electron chi connectivity index (χ0n) is 8.78. The number of allylic oxidation sites excluding steroid dienone is 2. The van der Waals surface area contributed by atoms with Crippen molar-refractivity contribution in [3.8, 4) is 0 Å². The minimum absolute atomic E-state index is 0.145. The molecular formula is C9H13NO6S. The van der Waals surface area contributed by atoms with Crippen LogP contribution in [0.25, 0.3) is 0 Å². The van der Waals surface area contributed by atoms with Gasteiger partial charge in [0.05, 0.1) is 0 Å². The molecule has 1 unspecified atom stereocenters. The normalized spacial score (nSPS) is 26.4. The number of carboxylic acid groups (broad SMARTS) is 1. The molecule has 17 heavy (non-hydrogen) atoms. The first kappa shape index (κ1) is 13.7. The Balaban J connectivity index is 3.07. The second kappa shape index (κ2) is 4.47. The van der Waals surface area contributed by atoms with Crippen LogP contribution in [0, 0.1) is 0 Å². The van der Waals surface area contributed by atoms with Crippen molar-refractivity contribution in [2.24, 2.45) is 5.73 Å². The standard InChI is InChI=1S/C9H13NO6S/c10-7(8(12)13)5-9(17(14,15)16)3-1-6(11)2-4-9/h1-3,7,11H,4-5,10H2,(H,12,13)(H,14,15,16)/t7-,9?/m0/s1. The summed E-state index contributed by atoms with van der Waals surface area (Å²) in [5.74, 6) is -1.51. The number of carboxylic acids is 1. The van der Waals surface area contributed by atoms with E-state index in [2.05, 4.69) is 0 Å². The van der Waals surface area contributed by atoms with Crippen LogP contribution in [0.5, 0.6) is 0 Å². The molecule has 1 aliphatic rings. The lowest BCUT2D eigenvalue weighted by molar-refractivity contribution is -0.138. The monoisotopic (exact) mass is 263 g/mol. The van der Waals surface area contributed by atoms with Crippen LogP contribution in [0.4, 0.5) is 0 Å². The van der Waals surface area contributed by atoms with Gasteiger partial charge >= 0.3 is 5.97 Å². The highest BCUT2D eigenvalue weighted by Crippen LogP contribution is 2.32. The van der Waals surface area contributed by atoms with Gasteiger partial charge < -0.3 is 15.9 Å². The zero-order valence-corrected chi connectivity index (χ0v) is 9.59. The number of carbonyl (C=O) groups is 1. The van der Waals surface area contributed by atoms with Crippen LogP contribution in [0.15, 0.2) is 24.0 Å². The van der Waals surface area contributed by atoms with Gasteiger partial charge in [0.25, 0.3) is 10.1 Å². The van der Waals surface area contributed by atoms with Crippen LogP contribution >= 0.6 is 0 Å². The maximum atomic E-state index is 11.3. The number of hydrogen-bond donors (Lipinski definition) is 4. The summed E-state index contributed by atoms with van der Waals surface area (Å²) in [7, 11) is -4.53. The van der Waals surface area contributed by atoms with Crippen molar-refractivity contribution in [2.75, 3.05) is 0 Å². The molecule has 0 radical (unpaired) electrons. The molecule has 0 aromatic heterocycles. The highest BCUT2D eigenvalue weighted by Gasteiger charge is 2.43. The van der Waals surface area contributed by atoms with E-state index in [1.54, 1.807) is 0 Å². The van der Waals surface area contributed by atoms with Crippen molar-refractivity contribution >= 4 is 16.1 Å². The van der Waals surface area contributed by atoms with Crippen LogP contribution in [-0.4, -0.2) is 39.9 Å². The summed E-state index contributed by atoms with van der Waals surface area (Å²) < 4.78 is 30.0. The second-order valence-electron chi connectivity index (χ2n) is 3.86. The molecule has 0 spiro atoms. The Hall–Kier alpha value is -1.38. The molecule has 0 heterocycles. The molecule has 8 heteroatoms. The highest BCUT2D eigenvalue weighted by molar-refractivity contribution is 7.87. The first-order valence-electron chi connectivity index (χ1n) is 4.72. The van der Waals surface area contributed by atoms with Crippen LogP contribution in [0.3, 0.4) is 0 Å². The quantitative estimate of drug-likeness (QED) is 0.516. The van der Waals surface area contributed by atoms with Crippen LogP contribution in [0.2, 0.25) is 0 Å². The molecule has 0 aromatic carbocycles. The summed E-state index contributed by atoms with van der Waals surface area (Å²) in [5.41, 5.74) is 5.27. The number of aliphatic hydroxyl groups is 1. The lowest BCUT2D eigenvalue weighted by Crippen LogP contribution is -2.45. The van der Waals surface area contributed by atoms with E-state index >= 15 is 0 Å². The number of aliphatic carboxylic acids is 1. The van der Waals surface area contributed by atoms with Gasteiger partial charge in [0, 0.05) is 0 Å². The van der Waals surface area contributed by atoms with E-state index in [9.17, 15) is 17.8 Å². The Morgan fingerprint density at radius 2 is 2.18 bits per heavy atom. The largest absolute Gasteiger partial charge is 0.508 e. The lowest BCUT2D eigenvalue weighted by atomic mass is 9.92. The predicted molar refractivity (Wildman–Crippen MR) is 59.0 cm³/mol. The summed E-state index contributed by atoms with van der Waals surface area (Å²) >= 11 is 0. The maximum absolute atomic E-state index is 11.3. The Labute approximate surface area is 98.0 Å². The van der Waals surface area contributed by atoms with E-state index in [1.807, 2.05) is 0 Å². The average molecular weight is 263 g/mol. The van der Waals surface area contributed by atoms with Gasteiger partial charge in [0.2, 0.25) is 0 Å². The highest BCUT2D eigenvalue weighted by atomic mass is 32.2. The number of hydrogen-bond acceptors (Lipinski definition) is 5. The third-order valence-electron chi connectivity index (χ3n) is 2.61. The summed E-state index contributed by atoms with van der Waals surface area (Å²) in [6.07, 6.45) is 2.63. The zero-order chi connectivity index (χ0) is 13.3. The number of nitrogens with two attached hydrogens (primary N) is 1. The Kier molecular flexibility index (Phi) is 3.60. The summed E-state index contributed by atoms with van der Waals surface area (Å²) in [4.78, 5) is 10.6. The molecule has 1 aliphatic carbocycles. The van der Waals surface area contributed by atoms with E-state index in [0.717, 1.165) is 12.2 Å². The van der Waals surface area contributed by atoms with Gasteiger partial charge in [-0.3, -0.25) is 9.35 Å². The fourth-order valence-corrected chi connectivity index (χ4v) is 2.48. The smallest absolute Gasteiger partial charge is 0.320 e. The molecule has 7 nitrogen and oxygen atoms in total. The fourth-order valence-electron chi connectivity index (χ4n) is 1.56. The molecular weight excluding hydrogens is 250 g/mol. The van der Waals surface area contributed by atoms with Gasteiger partial charge in [-0.25, -0.2) is 0 Å². The van der Waals surface area contributed by atoms with E-state index in [1.165, 1.54) is 6.08 Å². The van der Waals surface area contributed by atoms with Gasteiger partial charge in [-0.1, -0.05) is 6.08 Å². The minimum atomic E-state index is -4.53. The summed E-state index contributed by atoms with van der Waals surface area (Å²) in [5, 5.41) is 17.8. The average Bonchev–Trinajstić information content (AvgIpc) is 2.19. The molecule has 0 saturated carbocycles. The van der Waals surface area contributed by atoms with Crippen LogP contribution in [0.1, 0.15) is 12.8 Å². The third kappa shape index (κ3) is 2.84. The molecule has 0 amide bonds. The van der Waals surface area contributed by atoms with Gasteiger partial charge in [-0.05, 0) is 25.0 Å². The molecule has 0 fully saturated rings. The second-order valence-corrected chi connectivity index (χ2v) is 5.62. The molecule has 5 N–H and O–H groups in total. The van der Waals surface area contributed by atoms with Crippen molar-refractivity contribution in [3.63, 3.8) is 0 Å². The minimum Gasteiger partial charge on any atom is -0.508 e. The maximum Gasteiger partial charge on any atom is 0.320 e. The van der Waals surface area contributed by atoms with Gasteiger partial charge in [-0.2, -0.15) is 8.42 Å². The van der Waals surface area contributed by atoms with Crippen molar-refractivity contribution in [2.45, 2.75) is 23.6 Å². The number of rotatable bonds is 4. The van der Waals surface area contributed by atoms with Crippen molar-refractivity contribution in [1.82, 2.24) is 0 Å². The fraction of sp³-hybridized carbons (Fsp3) is 0.444. The Morgan fingerprint density at radius 1 is 1.59 bits per heavy atom. The predicted octanol–water partition coefficient (Wildman–Crippen LogP) is -0.183. The van der Waals surface area contributed by atoms with Crippen molar-refractivity contribution < 1.29 is 28.0 Å². The lowest BCUT2D eigenvalue weighted by Gasteiger charge is -2.29. The molecule has 0 aliphatic heterocycles. The molecule has 1 rings (SSSR count). The van der Waals surface area contributed by atoms with Gasteiger partial charge in [-0.15, -0.1) is 0 Å². The molecule has 0 saturated heterocycles. The van der Waals surface area contributed by atoms with Crippen molar-refractivity contribution in [3.05, 3.63) is 24.0 Å². The van der Waals surface area contributed by atoms with E-state index < -0.39 is 33.3 Å². The first-order chi connectivity index (χ1) is 7.68. The van der Waals surface area contributed by atoms with E-state index in [-0.39, 0.29) is 12.2 Å². The Morgan fingerprint density at radius 3 is 2.53 bits per heavy atom. The van der Waals surface area contributed by atoms with Crippen LogP contribution in [-0.2, 0) is 14.9 Å². The van der Waals surface area contributed by atoms with Gasteiger partial charge in [0.1, 0.15) is 16.5 Å². The summed E-state index contributed by atoms with van der Waals surface area (Å²) in [6.45, 7) is 0. The van der Waals surface area contributed by atoms with Crippen LogP contribution < -0.4 is 5.73 Å². The molecule has 0 aromatic rings. The Bertz CT molecular complexity index is 480. The first-order valence-corrected chi connectivity index (χ1v) is 6.16. The molecule has 0 bridgehead atoms.